The maximum Gasteiger partial charge on any atom is 0.237 e. The Morgan fingerprint density at radius 3 is 2.80 bits per heavy atom. The van der Waals surface area contributed by atoms with Crippen LogP contribution >= 0.6 is 11.8 Å². The summed E-state index contributed by atoms with van der Waals surface area (Å²) in [5.41, 5.74) is 0.561. The first-order chi connectivity index (χ1) is 12.1. The third-order valence-corrected chi connectivity index (χ3v) is 4.38. The molecule has 6 nitrogen and oxygen atoms in total. The van der Waals surface area contributed by atoms with Gasteiger partial charge in [0.25, 0.3) is 0 Å². The number of hydrogen-bond donors (Lipinski definition) is 0. The fourth-order valence-corrected chi connectivity index (χ4v) is 3.06. The van der Waals surface area contributed by atoms with Crippen molar-refractivity contribution >= 4 is 23.4 Å². The van der Waals surface area contributed by atoms with Gasteiger partial charge in [0.1, 0.15) is 11.6 Å². The number of benzene rings is 1. The molecular formula is C17H18FN5OS. The molecule has 0 aliphatic heterocycles. The predicted octanol–water partition coefficient (Wildman–Crippen LogP) is 2.95. The predicted molar refractivity (Wildman–Crippen MR) is 94.7 cm³/mol. The smallest absolute Gasteiger partial charge is 0.237 e. The Kier molecular flexibility index (Phi) is 6.71. The van der Waals surface area contributed by atoms with Crippen LogP contribution in [-0.2, 0) is 11.3 Å². The van der Waals surface area contributed by atoms with Crippen LogP contribution in [0, 0.1) is 24.1 Å². The molecule has 0 atom stereocenters. The largest absolute Gasteiger partial charge is 0.311 e. The molecule has 2 aromatic rings. The minimum atomic E-state index is -0.376. The minimum absolute atomic E-state index is 0.137. The molecule has 0 unspecified atom stereocenters. The SMILES string of the molecule is C=CCn1c(C)nnc1SCC(=O)N(CCC#N)c1ccc(F)cc1. The van der Waals surface area contributed by atoms with Gasteiger partial charge in [0, 0.05) is 18.8 Å². The van der Waals surface area contributed by atoms with Crippen molar-refractivity contribution in [3.05, 3.63) is 48.6 Å². The molecule has 2 rings (SSSR count). The van der Waals surface area contributed by atoms with Crippen LogP contribution in [0.25, 0.3) is 0 Å². The highest BCUT2D eigenvalue weighted by molar-refractivity contribution is 7.99. The van der Waals surface area contributed by atoms with Gasteiger partial charge in [-0.2, -0.15) is 5.26 Å². The van der Waals surface area contributed by atoms with E-state index in [2.05, 4.69) is 16.8 Å². The number of hydrogen-bond acceptors (Lipinski definition) is 5. The maximum absolute atomic E-state index is 13.1. The van der Waals surface area contributed by atoms with Gasteiger partial charge >= 0.3 is 0 Å². The Morgan fingerprint density at radius 1 is 1.44 bits per heavy atom. The summed E-state index contributed by atoms with van der Waals surface area (Å²) >= 11 is 1.27. The number of nitrogens with zero attached hydrogens (tertiary/aromatic N) is 5. The molecule has 1 amide bonds. The average molecular weight is 359 g/mol. The lowest BCUT2D eigenvalue weighted by molar-refractivity contribution is -0.116. The van der Waals surface area contributed by atoms with E-state index in [1.54, 1.807) is 6.08 Å². The van der Waals surface area contributed by atoms with Crippen LogP contribution < -0.4 is 4.90 Å². The Balaban J connectivity index is 2.10. The number of amides is 1. The van der Waals surface area contributed by atoms with E-state index in [4.69, 9.17) is 5.26 Å². The van der Waals surface area contributed by atoms with Gasteiger partial charge in [-0.15, -0.1) is 16.8 Å². The molecule has 0 bridgehead atoms. The van der Waals surface area contributed by atoms with E-state index in [1.807, 2.05) is 17.6 Å². The summed E-state index contributed by atoms with van der Waals surface area (Å²) in [6.07, 6.45) is 1.93. The van der Waals surface area contributed by atoms with Crippen molar-refractivity contribution < 1.29 is 9.18 Å². The topological polar surface area (TPSA) is 74.8 Å². The van der Waals surface area contributed by atoms with Crippen LogP contribution in [0.2, 0.25) is 0 Å². The minimum Gasteiger partial charge on any atom is -0.311 e. The lowest BCUT2D eigenvalue weighted by Crippen LogP contribution is -2.33. The second kappa shape index (κ2) is 8.99. The van der Waals surface area contributed by atoms with Crippen molar-refractivity contribution in [1.82, 2.24) is 14.8 Å². The molecule has 8 heteroatoms. The summed E-state index contributed by atoms with van der Waals surface area (Å²) in [7, 11) is 0. The number of aromatic nitrogens is 3. The number of thioether (sulfide) groups is 1. The van der Waals surface area contributed by atoms with E-state index in [1.165, 1.54) is 40.9 Å². The highest BCUT2D eigenvalue weighted by atomic mass is 32.2. The van der Waals surface area contributed by atoms with Crippen molar-refractivity contribution in [3.63, 3.8) is 0 Å². The normalized spacial score (nSPS) is 10.3. The first kappa shape index (κ1) is 18.7. The maximum atomic E-state index is 13.1. The van der Waals surface area contributed by atoms with E-state index in [0.717, 1.165) is 5.82 Å². The van der Waals surface area contributed by atoms with E-state index >= 15 is 0 Å². The standard InChI is InChI=1S/C17H18FN5OS/c1-3-10-22-13(2)20-21-17(22)25-12-16(24)23(11-4-9-19)15-7-5-14(18)6-8-15/h3,5-8H,1,4,10-12H2,2H3. The number of halogens is 1. The summed E-state index contributed by atoms with van der Waals surface area (Å²) in [5, 5.41) is 17.5. The fourth-order valence-electron chi connectivity index (χ4n) is 2.19. The summed E-state index contributed by atoms with van der Waals surface area (Å²) in [6, 6.07) is 7.66. The zero-order valence-corrected chi connectivity index (χ0v) is 14.7. The molecule has 1 aromatic heterocycles. The number of nitriles is 1. The molecule has 0 saturated heterocycles. The number of allylic oxidation sites excluding steroid dienone is 1. The highest BCUT2D eigenvalue weighted by Crippen LogP contribution is 2.21. The Morgan fingerprint density at radius 2 is 2.16 bits per heavy atom. The van der Waals surface area contributed by atoms with Crippen LogP contribution in [0.4, 0.5) is 10.1 Å². The quantitative estimate of drug-likeness (QED) is 0.535. The van der Waals surface area contributed by atoms with E-state index < -0.39 is 0 Å². The summed E-state index contributed by atoms with van der Waals surface area (Å²) in [5.74, 6) is 0.323. The molecule has 0 radical (unpaired) electrons. The van der Waals surface area contributed by atoms with Crippen molar-refractivity contribution in [2.75, 3.05) is 17.2 Å². The van der Waals surface area contributed by atoms with Crippen molar-refractivity contribution in [2.45, 2.75) is 25.0 Å². The van der Waals surface area contributed by atoms with E-state index in [9.17, 15) is 9.18 Å². The Bertz CT molecular complexity index is 781. The van der Waals surface area contributed by atoms with Crippen molar-refractivity contribution in [1.29, 1.82) is 5.26 Å². The summed E-state index contributed by atoms with van der Waals surface area (Å²) in [4.78, 5) is 14.1. The van der Waals surface area contributed by atoms with Gasteiger partial charge in [0.15, 0.2) is 5.16 Å². The van der Waals surface area contributed by atoms with E-state index in [0.29, 0.717) is 17.4 Å². The molecule has 25 heavy (non-hydrogen) atoms. The summed E-state index contributed by atoms with van der Waals surface area (Å²) < 4.78 is 15.0. The van der Waals surface area contributed by atoms with Gasteiger partial charge in [-0.25, -0.2) is 4.39 Å². The molecule has 1 aromatic carbocycles. The van der Waals surface area contributed by atoms with Gasteiger partial charge in [-0.3, -0.25) is 4.79 Å². The van der Waals surface area contributed by atoms with Crippen molar-refractivity contribution in [3.8, 4) is 6.07 Å². The van der Waals surface area contributed by atoms with Crippen molar-refractivity contribution in [2.24, 2.45) is 0 Å². The molecule has 0 aliphatic carbocycles. The van der Waals surface area contributed by atoms with Crippen LogP contribution in [0.1, 0.15) is 12.2 Å². The summed E-state index contributed by atoms with van der Waals surface area (Å²) in [6.45, 7) is 6.34. The number of anilines is 1. The van der Waals surface area contributed by atoms with E-state index in [-0.39, 0.29) is 30.4 Å². The third-order valence-electron chi connectivity index (χ3n) is 3.42. The third kappa shape index (κ3) is 4.90. The second-order valence-corrected chi connectivity index (χ2v) is 6.09. The molecule has 0 saturated carbocycles. The van der Waals surface area contributed by atoms with Gasteiger partial charge in [0.2, 0.25) is 5.91 Å². The number of aryl methyl sites for hydroxylation is 1. The van der Waals surface area contributed by atoms with Gasteiger partial charge < -0.3 is 9.47 Å². The molecule has 1 heterocycles. The molecule has 0 aliphatic rings. The molecule has 130 valence electrons. The van der Waals surface area contributed by atoms with Gasteiger partial charge in [0.05, 0.1) is 18.2 Å². The zero-order valence-electron chi connectivity index (χ0n) is 13.9. The zero-order chi connectivity index (χ0) is 18.2. The fraction of sp³-hybridized carbons (Fsp3) is 0.294. The van der Waals surface area contributed by atoms with Crippen LogP contribution in [-0.4, -0.2) is 33.0 Å². The molecule has 0 spiro atoms. The second-order valence-electron chi connectivity index (χ2n) is 5.15. The van der Waals surface area contributed by atoms with Crippen LogP contribution in [0.15, 0.2) is 42.1 Å². The lowest BCUT2D eigenvalue weighted by atomic mass is 10.2. The van der Waals surface area contributed by atoms with Crippen LogP contribution in [0.5, 0.6) is 0 Å². The average Bonchev–Trinajstić information content (AvgIpc) is 2.95. The number of carbonyl (C=O) groups excluding carboxylic acids is 1. The number of carbonyl (C=O) groups is 1. The highest BCUT2D eigenvalue weighted by Gasteiger charge is 2.18. The van der Waals surface area contributed by atoms with Crippen LogP contribution in [0.3, 0.4) is 0 Å². The van der Waals surface area contributed by atoms with Gasteiger partial charge in [-0.1, -0.05) is 17.8 Å². The lowest BCUT2D eigenvalue weighted by Gasteiger charge is -2.21. The number of rotatable bonds is 8. The molecule has 0 fully saturated rings. The first-order valence-corrected chi connectivity index (χ1v) is 8.61. The first-order valence-electron chi connectivity index (χ1n) is 7.63. The molecular weight excluding hydrogens is 341 g/mol. The Labute approximate surface area is 150 Å². The Hall–Kier alpha value is -2.66. The monoisotopic (exact) mass is 359 g/mol. The van der Waals surface area contributed by atoms with Gasteiger partial charge in [-0.05, 0) is 31.2 Å². The molecule has 0 N–H and O–H groups in total.